The van der Waals surface area contributed by atoms with Crippen LogP contribution in [0.15, 0.2) is 59.4 Å². The molecule has 3 aromatic rings. The number of nitrogens with zero attached hydrogens (tertiary/aromatic N) is 3. The van der Waals surface area contributed by atoms with Crippen molar-refractivity contribution < 1.29 is 8.42 Å². The number of nitrogens with one attached hydrogen (secondary N) is 1. The van der Waals surface area contributed by atoms with Crippen LogP contribution in [0.5, 0.6) is 0 Å². The van der Waals surface area contributed by atoms with E-state index in [4.69, 9.17) is 0 Å². The van der Waals surface area contributed by atoms with E-state index < -0.39 is 15.7 Å². The molecule has 2 aromatic carbocycles. The van der Waals surface area contributed by atoms with Gasteiger partial charge in [-0.05, 0) is 11.6 Å². The molecule has 8 heteroatoms. The Bertz CT molecular complexity index is 1040. The maximum Gasteiger partial charge on any atom is 0.348 e. The molecule has 0 atom stereocenters. The Morgan fingerprint density at radius 1 is 1.08 bits per heavy atom. The summed E-state index contributed by atoms with van der Waals surface area (Å²) in [6.07, 6.45) is 1.11. The van der Waals surface area contributed by atoms with Crippen LogP contribution in [0.4, 0.5) is 0 Å². The average Bonchev–Trinajstić information content (AvgIpc) is 2.95. The van der Waals surface area contributed by atoms with Gasteiger partial charge in [-0.2, -0.15) is 9.40 Å². The summed E-state index contributed by atoms with van der Waals surface area (Å²) in [4.78, 5) is 12.3. The lowest BCUT2D eigenvalue weighted by molar-refractivity contribution is 0.458. The van der Waals surface area contributed by atoms with Crippen LogP contribution >= 0.6 is 0 Å². The summed E-state index contributed by atoms with van der Waals surface area (Å²) < 4.78 is 25.9. The van der Waals surface area contributed by atoms with Crippen molar-refractivity contribution in [3.8, 4) is 16.8 Å². The summed E-state index contributed by atoms with van der Waals surface area (Å²) in [5.74, 6) is 0.321. The molecule has 0 fully saturated rings. The fourth-order valence-electron chi connectivity index (χ4n) is 2.53. The zero-order valence-electron chi connectivity index (χ0n) is 13.9. The number of aromatic amines is 1. The molecule has 0 radical (unpaired) electrons. The Morgan fingerprint density at radius 2 is 1.72 bits per heavy atom. The minimum atomic E-state index is -3.39. The van der Waals surface area contributed by atoms with E-state index in [-0.39, 0.29) is 6.54 Å². The van der Waals surface area contributed by atoms with Crippen LogP contribution in [0.2, 0.25) is 0 Å². The standard InChI is InChI=1S/C17H18N4O3S/c1-20(25(2,23)24)12-16-18-19-17(22)21(16)15-11-7-6-10-14(15)13-8-4-3-5-9-13/h3-11H,12H2,1-2H3,(H,19,22). The van der Waals surface area contributed by atoms with Gasteiger partial charge in [-0.1, -0.05) is 48.5 Å². The minimum absolute atomic E-state index is 0.0132. The van der Waals surface area contributed by atoms with Gasteiger partial charge in [-0.3, -0.25) is 0 Å². The van der Waals surface area contributed by atoms with Crippen LogP contribution in [0.1, 0.15) is 5.82 Å². The van der Waals surface area contributed by atoms with E-state index in [0.717, 1.165) is 21.7 Å². The first kappa shape index (κ1) is 17.1. The molecule has 0 spiro atoms. The number of H-pyrrole nitrogens is 1. The third kappa shape index (κ3) is 3.54. The van der Waals surface area contributed by atoms with Crippen LogP contribution < -0.4 is 5.69 Å². The molecule has 0 saturated heterocycles. The van der Waals surface area contributed by atoms with Gasteiger partial charge < -0.3 is 0 Å². The van der Waals surface area contributed by atoms with E-state index in [1.807, 2.05) is 54.6 Å². The van der Waals surface area contributed by atoms with Crippen molar-refractivity contribution in [1.82, 2.24) is 19.1 Å². The minimum Gasteiger partial charge on any atom is -0.246 e. The Kier molecular flexibility index (Phi) is 4.56. The van der Waals surface area contributed by atoms with Gasteiger partial charge in [0, 0.05) is 12.6 Å². The summed E-state index contributed by atoms with van der Waals surface area (Å²) in [5.41, 5.74) is 2.04. The topological polar surface area (TPSA) is 88.1 Å². The molecule has 0 aliphatic heterocycles. The fraction of sp³-hybridized carbons (Fsp3) is 0.176. The quantitative estimate of drug-likeness (QED) is 0.751. The first-order valence-electron chi connectivity index (χ1n) is 7.60. The van der Waals surface area contributed by atoms with Crippen molar-refractivity contribution in [2.24, 2.45) is 0 Å². The fourth-order valence-corrected chi connectivity index (χ4v) is 2.88. The highest BCUT2D eigenvalue weighted by atomic mass is 32.2. The molecular weight excluding hydrogens is 340 g/mol. The highest BCUT2D eigenvalue weighted by molar-refractivity contribution is 7.88. The lowest BCUT2D eigenvalue weighted by atomic mass is 10.0. The zero-order valence-corrected chi connectivity index (χ0v) is 14.7. The lowest BCUT2D eigenvalue weighted by Gasteiger charge is -2.15. The second kappa shape index (κ2) is 6.66. The Morgan fingerprint density at radius 3 is 2.40 bits per heavy atom. The Labute approximate surface area is 145 Å². The molecule has 1 heterocycles. The largest absolute Gasteiger partial charge is 0.348 e. The SMILES string of the molecule is CN(Cc1n[nH]c(=O)n1-c1ccccc1-c1ccccc1)S(C)(=O)=O. The van der Waals surface area contributed by atoms with Crippen molar-refractivity contribution in [3.05, 3.63) is 70.9 Å². The summed E-state index contributed by atoms with van der Waals surface area (Å²) in [7, 11) is -1.94. The van der Waals surface area contributed by atoms with Crippen LogP contribution in [0.25, 0.3) is 16.8 Å². The summed E-state index contributed by atoms with van der Waals surface area (Å²) in [5, 5.41) is 6.41. The van der Waals surface area contributed by atoms with Crippen LogP contribution in [0.3, 0.4) is 0 Å². The summed E-state index contributed by atoms with van der Waals surface area (Å²) >= 11 is 0. The van der Waals surface area contributed by atoms with Crippen molar-refractivity contribution in [2.75, 3.05) is 13.3 Å². The van der Waals surface area contributed by atoms with Gasteiger partial charge >= 0.3 is 5.69 Å². The molecule has 130 valence electrons. The number of benzene rings is 2. The van der Waals surface area contributed by atoms with Gasteiger partial charge in [0.1, 0.15) is 0 Å². The molecule has 0 amide bonds. The van der Waals surface area contributed by atoms with Gasteiger partial charge in [0.15, 0.2) is 5.82 Å². The third-order valence-electron chi connectivity index (χ3n) is 3.90. The highest BCUT2D eigenvalue weighted by Gasteiger charge is 2.19. The number of para-hydroxylation sites is 1. The van der Waals surface area contributed by atoms with E-state index in [1.54, 1.807) is 0 Å². The predicted molar refractivity (Wildman–Crippen MR) is 95.9 cm³/mol. The number of sulfonamides is 1. The molecule has 0 saturated carbocycles. The van der Waals surface area contributed by atoms with Crippen LogP contribution in [-0.4, -0.2) is 40.8 Å². The third-order valence-corrected chi connectivity index (χ3v) is 5.16. The summed E-state index contributed by atoms with van der Waals surface area (Å²) in [6, 6.07) is 17.1. The average molecular weight is 358 g/mol. The van der Waals surface area contributed by atoms with Crippen molar-refractivity contribution in [2.45, 2.75) is 6.54 Å². The summed E-state index contributed by atoms with van der Waals surface area (Å²) in [6.45, 7) is -0.0132. The number of hydrogen-bond acceptors (Lipinski definition) is 4. The Hall–Kier alpha value is -2.71. The molecule has 0 unspecified atom stereocenters. The second-order valence-electron chi connectivity index (χ2n) is 5.68. The molecule has 0 bridgehead atoms. The van der Waals surface area contributed by atoms with E-state index in [9.17, 15) is 13.2 Å². The van der Waals surface area contributed by atoms with E-state index in [2.05, 4.69) is 10.2 Å². The van der Waals surface area contributed by atoms with Gasteiger partial charge in [-0.25, -0.2) is 22.9 Å². The number of hydrogen-bond donors (Lipinski definition) is 1. The first-order valence-corrected chi connectivity index (χ1v) is 9.45. The van der Waals surface area contributed by atoms with Crippen molar-refractivity contribution in [3.63, 3.8) is 0 Å². The van der Waals surface area contributed by atoms with Gasteiger partial charge in [0.25, 0.3) is 0 Å². The second-order valence-corrected chi connectivity index (χ2v) is 7.77. The lowest BCUT2D eigenvalue weighted by Crippen LogP contribution is -2.28. The molecular formula is C17H18N4O3S. The van der Waals surface area contributed by atoms with Gasteiger partial charge in [-0.15, -0.1) is 0 Å². The van der Waals surface area contributed by atoms with Gasteiger partial charge in [0.2, 0.25) is 10.0 Å². The molecule has 0 aliphatic carbocycles. The smallest absolute Gasteiger partial charge is 0.246 e. The van der Waals surface area contributed by atoms with Crippen molar-refractivity contribution >= 4 is 10.0 Å². The number of aromatic nitrogens is 3. The van der Waals surface area contributed by atoms with E-state index >= 15 is 0 Å². The Balaban J connectivity index is 2.13. The maximum atomic E-state index is 12.3. The molecule has 1 N–H and O–H groups in total. The first-order chi connectivity index (χ1) is 11.9. The van der Waals surface area contributed by atoms with E-state index in [1.165, 1.54) is 11.6 Å². The highest BCUT2D eigenvalue weighted by Crippen LogP contribution is 2.26. The van der Waals surface area contributed by atoms with Crippen molar-refractivity contribution in [1.29, 1.82) is 0 Å². The molecule has 3 rings (SSSR count). The molecule has 25 heavy (non-hydrogen) atoms. The molecule has 1 aromatic heterocycles. The van der Waals surface area contributed by atoms with E-state index in [0.29, 0.717) is 11.5 Å². The monoisotopic (exact) mass is 358 g/mol. The van der Waals surface area contributed by atoms with Crippen LogP contribution in [-0.2, 0) is 16.6 Å². The zero-order chi connectivity index (χ0) is 18.0. The molecule has 0 aliphatic rings. The van der Waals surface area contributed by atoms with Crippen LogP contribution in [0, 0.1) is 0 Å². The maximum absolute atomic E-state index is 12.3. The predicted octanol–water partition coefficient (Wildman–Crippen LogP) is 1.62. The molecule has 7 nitrogen and oxygen atoms in total. The normalized spacial score (nSPS) is 11.8. The number of rotatable bonds is 5. The van der Waals surface area contributed by atoms with Gasteiger partial charge in [0.05, 0.1) is 18.5 Å².